The first-order chi connectivity index (χ1) is 6.70. The first-order valence-corrected chi connectivity index (χ1v) is 4.05. The van der Waals surface area contributed by atoms with Gasteiger partial charge in [0.15, 0.2) is 5.52 Å². The first-order valence-electron chi connectivity index (χ1n) is 4.05. The van der Waals surface area contributed by atoms with Gasteiger partial charge in [0.2, 0.25) is 0 Å². The third kappa shape index (κ3) is 1.19. The molecule has 0 saturated carbocycles. The molecule has 0 saturated heterocycles. The van der Waals surface area contributed by atoms with Crippen molar-refractivity contribution in [3.8, 4) is 0 Å². The molecule has 0 atom stereocenters. The Balaban J connectivity index is 2.88. The van der Waals surface area contributed by atoms with Crippen LogP contribution in [0.4, 0.5) is 5.69 Å². The van der Waals surface area contributed by atoms with E-state index in [9.17, 15) is 10.1 Å². The van der Waals surface area contributed by atoms with Crippen LogP contribution in [0.5, 0.6) is 0 Å². The Morgan fingerprint density at radius 1 is 1.21 bits per heavy atom. The number of benzene rings is 1. The molecule has 1 aromatic heterocycles. The molecule has 0 fully saturated rings. The van der Waals surface area contributed by atoms with Gasteiger partial charge in [-0.3, -0.25) is 15.1 Å². The molecule has 0 amide bonds. The molecule has 1 aromatic carbocycles. The van der Waals surface area contributed by atoms with Crippen LogP contribution in [0.3, 0.4) is 0 Å². The predicted octanol–water partition coefficient (Wildman–Crippen LogP) is 1.85. The molecule has 0 radical (unpaired) electrons. The lowest BCUT2D eigenvalue weighted by Crippen LogP contribution is -1.94. The zero-order chi connectivity index (χ0) is 10.1. The molecule has 0 aliphatic rings. The molecular weight excluding hydrogens is 182 g/mol. The van der Waals surface area contributed by atoms with E-state index in [2.05, 4.69) is 9.97 Å². The number of aryl methyl sites for hydroxylation is 1. The Morgan fingerprint density at radius 2 is 1.86 bits per heavy atom. The minimum absolute atomic E-state index is 0.00120. The van der Waals surface area contributed by atoms with Crippen molar-refractivity contribution in [2.45, 2.75) is 6.92 Å². The molecule has 0 unspecified atom stereocenters. The van der Waals surface area contributed by atoms with E-state index in [0.29, 0.717) is 11.0 Å². The molecule has 70 valence electrons. The Hall–Kier alpha value is -2.04. The van der Waals surface area contributed by atoms with E-state index < -0.39 is 4.92 Å². The Bertz CT molecular complexity index is 510. The molecule has 0 spiro atoms. The molecular formula is C9H7N3O2. The second kappa shape index (κ2) is 3.02. The van der Waals surface area contributed by atoms with Gasteiger partial charge in [-0.15, -0.1) is 0 Å². The zero-order valence-corrected chi connectivity index (χ0v) is 7.47. The van der Waals surface area contributed by atoms with E-state index in [-0.39, 0.29) is 5.69 Å². The molecule has 0 N–H and O–H groups in total. The van der Waals surface area contributed by atoms with Crippen molar-refractivity contribution in [2.24, 2.45) is 0 Å². The summed E-state index contributed by atoms with van der Waals surface area (Å²) in [4.78, 5) is 18.2. The minimum Gasteiger partial charge on any atom is -0.258 e. The van der Waals surface area contributed by atoms with Crippen molar-refractivity contribution < 1.29 is 4.92 Å². The molecule has 2 aromatic rings. The lowest BCUT2D eigenvalue weighted by molar-refractivity contribution is -0.383. The maximum atomic E-state index is 10.7. The molecule has 1 heterocycles. The van der Waals surface area contributed by atoms with Gasteiger partial charge < -0.3 is 0 Å². The summed E-state index contributed by atoms with van der Waals surface area (Å²) in [5.74, 6) is 0. The van der Waals surface area contributed by atoms with Crippen LogP contribution in [-0.2, 0) is 0 Å². The smallest absolute Gasteiger partial charge is 0.258 e. The lowest BCUT2D eigenvalue weighted by Gasteiger charge is -1.99. The summed E-state index contributed by atoms with van der Waals surface area (Å²) in [7, 11) is 0. The predicted molar refractivity (Wildman–Crippen MR) is 50.9 cm³/mol. The van der Waals surface area contributed by atoms with Gasteiger partial charge >= 0.3 is 0 Å². The van der Waals surface area contributed by atoms with Gasteiger partial charge in [0.1, 0.15) is 0 Å². The van der Waals surface area contributed by atoms with E-state index >= 15 is 0 Å². The second-order valence-corrected chi connectivity index (χ2v) is 2.91. The van der Waals surface area contributed by atoms with Crippen LogP contribution >= 0.6 is 0 Å². The van der Waals surface area contributed by atoms with Crippen LogP contribution in [0.2, 0.25) is 0 Å². The fourth-order valence-corrected chi connectivity index (χ4v) is 1.32. The van der Waals surface area contributed by atoms with E-state index in [4.69, 9.17) is 0 Å². The van der Waals surface area contributed by atoms with E-state index in [1.54, 1.807) is 6.07 Å². The van der Waals surface area contributed by atoms with Gasteiger partial charge in [0, 0.05) is 18.5 Å². The lowest BCUT2D eigenvalue weighted by atomic mass is 10.2. The second-order valence-electron chi connectivity index (χ2n) is 2.91. The molecule has 0 aliphatic heterocycles. The number of aromatic nitrogens is 2. The van der Waals surface area contributed by atoms with Gasteiger partial charge in [-0.05, 0) is 12.5 Å². The van der Waals surface area contributed by atoms with Gasteiger partial charge in [-0.25, -0.2) is 4.98 Å². The maximum absolute atomic E-state index is 10.7. The third-order valence-corrected chi connectivity index (χ3v) is 2.00. The maximum Gasteiger partial charge on any atom is 0.297 e. The highest BCUT2D eigenvalue weighted by molar-refractivity contribution is 5.86. The fourth-order valence-electron chi connectivity index (χ4n) is 1.32. The standard InChI is InChI=1S/C9H7N3O2/c1-6-2-3-7(12(13)14)9-8(6)10-4-5-11-9/h2-5H,1H3. The number of nitro benzene ring substituents is 1. The van der Waals surface area contributed by atoms with Crippen molar-refractivity contribution in [3.05, 3.63) is 40.2 Å². The third-order valence-electron chi connectivity index (χ3n) is 2.00. The SMILES string of the molecule is Cc1ccc([N+](=O)[O-])c2nccnc12. The number of hydrogen-bond acceptors (Lipinski definition) is 4. The highest BCUT2D eigenvalue weighted by Crippen LogP contribution is 2.23. The summed E-state index contributed by atoms with van der Waals surface area (Å²) < 4.78 is 0. The van der Waals surface area contributed by atoms with Crippen LogP contribution in [0.25, 0.3) is 11.0 Å². The molecule has 5 nitrogen and oxygen atoms in total. The van der Waals surface area contributed by atoms with E-state index in [1.807, 2.05) is 6.92 Å². The van der Waals surface area contributed by atoms with Gasteiger partial charge in [0.25, 0.3) is 5.69 Å². The van der Waals surface area contributed by atoms with Crippen molar-refractivity contribution in [3.63, 3.8) is 0 Å². The summed E-state index contributed by atoms with van der Waals surface area (Å²) in [6.45, 7) is 1.85. The normalized spacial score (nSPS) is 10.4. The quantitative estimate of drug-likeness (QED) is 0.507. The summed E-state index contributed by atoms with van der Waals surface area (Å²) >= 11 is 0. The van der Waals surface area contributed by atoms with Crippen molar-refractivity contribution in [1.82, 2.24) is 9.97 Å². The first kappa shape index (κ1) is 8.55. The summed E-state index contributed by atoms with van der Waals surface area (Å²) in [6.07, 6.45) is 2.98. The number of fused-ring (bicyclic) bond motifs is 1. The number of nitrogens with zero attached hydrogens (tertiary/aromatic N) is 3. The molecule has 5 heteroatoms. The van der Waals surface area contributed by atoms with Gasteiger partial charge in [-0.2, -0.15) is 0 Å². The summed E-state index contributed by atoms with van der Waals surface area (Å²) in [5, 5.41) is 10.7. The summed E-state index contributed by atoms with van der Waals surface area (Å²) in [5.41, 5.74) is 1.82. The molecule has 2 rings (SSSR count). The van der Waals surface area contributed by atoms with Crippen LogP contribution in [0, 0.1) is 17.0 Å². The zero-order valence-electron chi connectivity index (χ0n) is 7.47. The molecule has 0 bridgehead atoms. The van der Waals surface area contributed by atoms with Crippen LogP contribution in [0.1, 0.15) is 5.56 Å². The average molecular weight is 189 g/mol. The minimum atomic E-state index is -0.448. The Morgan fingerprint density at radius 3 is 2.50 bits per heavy atom. The number of nitro groups is 1. The van der Waals surface area contributed by atoms with Gasteiger partial charge in [0.05, 0.1) is 10.4 Å². The van der Waals surface area contributed by atoms with Crippen molar-refractivity contribution >= 4 is 16.7 Å². The van der Waals surface area contributed by atoms with Crippen molar-refractivity contribution in [2.75, 3.05) is 0 Å². The molecule has 14 heavy (non-hydrogen) atoms. The number of rotatable bonds is 1. The van der Waals surface area contributed by atoms with Crippen LogP contribution in [0.15, 0.2) is 24.5 Å². The molecule has 0 aliphatic carbocycles. The fraction of sp³-hybridized carbons (Fsp3) is 0.111. The average Bonchev–Trinajstić information content (AvgIpc) is 2.18. The summed E-state index contributed by atoms with van der Waals surface area (Å²) in [6, 6.07) is 3.13. The van der Waals surface area contributed by atoms with Crippen LogP contribution < -0.4 is 0 Å². The van der Waals surface area contributed by atoms with Crippen LogP contribution in [-0.4, -0.2) is 14.9 Å². The number of non-ortho nitro benzene ring substituents is 1. The highest BCUT2D eigenvalue weighted by atomic mass is 16.6. The monoisotopic (exact) mass is 189 g/mol. The topological polar surface area (TPSA) is 68.9 Å². The highest BCUT2D eigenvalue weighted by Gasteiger charge is 2.14. The van der Waals surface area contributed by atoms with E-state index in [1.165, 1.54) is 18.5 Å². The van der Waals surface area contributed by atoms with Crippen molar-refractivity contribution in [1.29, 1.82) is 0 Å². The van der Waals surface area contributed by atoms with Gasteiger partial charge in [-0.1, -0.05) is 6.07 Å². The number of hydrogen-bond donors (Lipinski definition) is 0. The largest absolute Gasteiger partial charge is 0.297 e. The Labute approximate surface area is 79.6 Å². The Kier molecular flexibility index (Phi) is 1.85. The van der Waals surface area contributed by atoms with E-state index in [0.717, 1.165) is 5.56 Å².